The van der Waals surface area contributed by atoms with E-state index in [9.17, 15) is 0 Å². The molecule has 0 aliphatic heterocycles. The van der Waals surface area contributed by atoms with Crippen LogP contribution in [-0.2, 0) is 6.42 Å². The van der Waals surface area contributed by atoms with E-state index in [1.807, 2.05) is 0 Å². The summed E-state index contributed by atoms with van der Waals surface area (Å²) in [5.41, 5.74) is 1.35. The predicted octanol–water partition coefficient (Wildman–Crippen LogP) is 3.02. The number of aryl methyl sites for hydroxylation is 1. The first-order valence-electron chi connectivity index (χ1n) is 6.22. The quantitative estimate of drug-likeness (QED) is 0.715. The van der Waals surface area contributed by atoms with E-state index in [-0.39, 0.29) is 6.10 Å². The van der Waals surface area contributed by atoms with Crippen molar-refractivity contribution in [3.8, 4) is 5.75 Å². The lowest BCUT2D eigenvalue weighted by Crippen LogP contribution is -2.21. The molecule has 0 aliphatic carbocycles. The second kappa shape index (κ2) is 7.29. The topological polar surface area (TPSA) is 21.3 Å². The Morgan fingerprint density at radius 3 is 2.44 bits per heavy atom. The number of nitrogens with one attached hydrogen (secondary N) is 1. The smallest absolute Gasteiger partial charge is 0.119 e. The van der Waals surface area contributed by atoms with Crippen molar-refractivity contribution in [1.82, 2.24) is 5.32 Å². The third kappa shape index (κ3) is 4.67. The second-order valence-corrected chi connectivity index (χ2v) is 4.07. The van der Waals surface area contributed by atoms with Gasteiger partial charge in [-0.3, -0.25) is 0 Å². The molecule has 0 amide bonds. The zero-order valence-corrected chi connectivity index (χ0v) is 10.6. The minimum Gasteiger partial charge on any atom is -0.491 e. The van der Waals surface area contributed by atoms with Gasteiger partial charge in [0.15, 0.2) is 0 Å². The van der Waals surface area contributed by atoms with E-state index in [2.05, 4.69) is 50.4 Å². The summed E-state index contributed by atoms with van der Waals surface area (Å²) >= 11 is 0. The predicted molar refractivity (Wildman–Crippen MR) is 69.1 cm³/mol. The van der Waals surface area contributed by atoms with E-state index in [1.54, 1.807) is 0 Å². The van der Waals surface area contributed by atoms with Crippen molar-refractivity contribution in [1.29, 1.82) is 0 Å². The summed E-state index contributed by atoms with van der Waals surface area (Å²) in [7, 11) is 0. The van der Waals surface area contributed by atoms with E-state index in [4.69, 9.17) is 4.74 Å². The average molecular weight is 221 g/mol. The molecule has 16 heavy (non-hydrogen) atoms. The summed E-state index contributed by atoms with van der Waals surface area (Å²) < 4.78 is 5.82. The van der Waals surface area contributed by atoms with Gasteiger partial charge >= 0.3 is 0 Å². The van der Waals surface area contributed by atoms with Crippen molar-refractivity contribution in [3.63, 3.8) is 0 Å². The van der Waals surface area contributed by atoms with Gasteiger partial charge in [0.2, 0.25) is 0 Å². The molecule has 0 heterocycles. The fourth-order valence-corrected chi connectivity index (χ4v) is 1.58. The Bertz CT molecular complexity index is 281. The highest BCUT2D eigenvalue weighted by Gasteiger charge is 2.03. The van der Waals surface area contributed by atoms with Crippen LogP contribution in [0.1, 0.15) is 32.8 Å². The number of benzene rings is 1. The molecule has 1 aromatic rings. The molecule has 1 unspecified atom stereocenters. The van der Waals surface area contributed by atoms with E-state index < -0.39 is 0 Å². The Hall–Kier alpha value is -1.02. The van der Waals surface area contributed by atoms with Crippen LogP contribution in [-0.4, -0.2) is 19.2 Å². The van der Waals surface area contributed by atoms with Crippen LogP contribution >= 0.6 is 0 Å². The normalized spacial score (nSPS) is 12.4. The lowest BCUT2D eigenvalue weighted by molar-refractivity contribution is 0.210. The summed E-state index contributed by atoms with van der Waals surface area (Å²) in [5, 5.41) is 3.30. The maximum absolute atomic E-state index is 5.82. The van der Waals surface area contributed by atoms with Gasteiger partial charge in [0, 0.05) is 0 Å². The first-order valence-corrected chi connectivity index (χ1v) is 6.22. The van der Waals surface area contributed by atoms with Crippen molar-refractivity contribution in [2.24, 2.45) is 0 Å². The van der Waals surface area contributed by atoms with Crippen LogP contribution in [0.5, 0.6) is 5.75 Å². The zero-order chi connectivity index (χ0) is 11.8. The summed E-state index contributed by atoms with van der Waals surface area (Å²) in [6, 6.07) is 8.38. The Balaban J connectivity index is 2.34. The molecule has 90 valence electrons. The Morgan fingerprint density at radius 2 is 1.88 bits per heavy atom. The molecular weight excluding hydrogens is 198 g/mol. The number of ether oxygens (including phenoxy) is 1. The second-order valence-electron chi connectivity index (χ2n) is 4.07. The molecule has 0 radical (unpaired) electrons. The Kier molecular flexibility index (Phi) is 5.94. The molecule has 1 N–H and O–H groups in total. The lowest BCUT2D eigenvalue weighted by atomic mass is 10.2. The summed E-state index contributed by atoms with van der Waals surface area (Å²) in [5.74, 6) is 0.973. The van der Waals surface area contributed by atoms with Gasteiger partial charge in [0.05, 0.1) is 6.10 Å². The molecule has 1 atom stereocenters. The number of hydrogen-bond donors (Lipinski definition) is 1. The largest absolute Gasteiger partial charge is 0.491 e. The SMILES string of the molecule is CCNCCC(C)Oc1ccc(CC)cc1. The first kappa shape index (κ1) is 13.0. The van der Waals surface area contributed by atoms with Gasteiger partial charge in [-0.15, -0.1) is 0 Å². The molecule has 0 saturated carbocycles. The van der Waals surface area contributed by atoms with Crippen LogP contribution in [0, 0.1) is 0 Å². The van der Waals surface area contributed by atoms with Crippen LogP contribution in [0.15, 0.2) is 24.3 Å². The zero-order valence-electron chi connectivity index (χ0n) is 10.6. The maximum Gasteiger partial charge on any atom is 0.119 e. The first-order chi connectivity index (χ1) is 7.76. The summed E-state index contributed by atoms with van der Waals surface area (Å²) in [6.45, 7) is 8.44. The van der Waals surface area contributed by atoms with Gasteiger partial charge in [-0.25, -0.2) is 0 Å². The fraction of sp³-hybridized carbons (Fsp3) is 0.571. The minimum atomic E-state index is 0.270. The third-order valence-corrected chi connectivity index (χ3v) is 2.65. The highest BCUT2D eigenvalue weighted by Crippen LogP contribution is 2.14. The highest BCUT2D eigenvalue weighted by molar-refractivity contribution is 5.27. The van der Waals surface area contributed by atoms with Crippen molar-refractivity contribution >= 4 is 0 Å². The average Bonchev–Trinajstić information content (AvgIpc) is 2.30. The molecular formula is C14H23NO. The van der Waals surface area contributed by atoms with E-state index in [0.29, 0.717) is 0 Å². The molecule has 0 aliphatic rings. The van der Waals surface area contributed by atoms with Gasteiger partial charge in [-0.1, -0.05) is 26.0 Å². The molecule has 0 bridgehead atoms. The van der Waals surface area contributed by atoms with Crippen molar-refractivity contribution < 1.29 is 4.74 Å². The van der Waals surface area contributed by atoms with E-state index in [1.165, 1.54) is 5.56 Å². The molecule has 0 aromatic heterocycles. The van der Waals surface area contributed by atoms with Crippen LogP contribution in [0.3, 0.4) is 0 Å². The molecule has 0 spiro atoms. The Labute approximate surface area is 99.0 Å². The van der Waals surface area contributed by atoms with Crippen molar-refractivity contribution in [3.05, 3.63) is 29.8 Å². The maximum atomic E-state index is 5.82. The van der Waals surface area contributed by atoms with Crippen molar-refractivity contribution in [2.45, 2.75) is 39.7 Å². The Morgan fingerprint density at radius 1 is 1.19 bits per heavy atom. The standard InChI is InChI=1S/C14H23NO/c1-4-13-6-8-14(9-7-13)16-12(3)10-11-15-5-2/h6-9,12,15H,4-5,10-11H2,1-3H3. The van der Waals surface area contributed by atoms with Crippen molar-refractivity contribution in [2.75, 3.05) is 13.1 Å². The van der Waals surface area contributed by atoms with E-state index in [0.717, 1.165) is 31.7 Å². The van der Waals surface area contributed by atoms with Crippen LogP contribution in [0.25, 0.3) is 0 Å². The van der Waals surface area contributed by atoms with Gasteiger partial charge in [-0.2, -0.15) is 0 Å². The number of rotatable bonds is 7. The summed E-state index contributed by atoms with van der Waals surface area (Å²) in [6.07, 6.45) is 2.39. The van der Waals surface area contributed by atoms with Crippen LogP contribution in [0.2, 0.25) is 0 Å². The molecule has 0 saturated heterocycles. The monoisotopic (exact) mass is 221 g/mol. The molecule has 2 nitrogen and oxygen atoms in total. The molecule has 1 aromatic carbocycles. The van der Waals surface area contributed by atoms with Gasteiger partial charge in [0.25, 0.3) is 0 Å². The molecule has 0 fully saturated rings. The molecule has 1 rings (SSSR count). The minimum absolute atomic E-state index is 0.270. The fourth-order valence-electron chi connectivity index (χ4n) is 1.58. The third-order valence-electron chi connectivity index (χ3n) is 2.65. The van der Waals surface area contributed by atoms with Gasteiger partial charge < -0.3 is 10.1 Å². The highest BCUT2D eigenvalue weighted by atomic mass is 16.5. The number of hydrogen-bond acceptors (Lipinski definition) is 2. The lowest BCUT2D eigenvalue weighted by Gasteiger charge is -2.15. The van der Waals surface area contributed by atoms with Crippen LogP contribution in [0.4, 0.5) is 0 Å². The van der Waals surface area contributed by atoms with E-state index >= 15 is 0 Å². The molecule has 2 heteroatoms. The summed E-state index contributed by atoms with van der Waals surface area (Å²) in [4.78, 5) is 0. The van der Waals surface area contributed by atoms with Gasteiger partial charge in [0.1, 0.15) is 5.75 Å². The van der Waals surface area contributed by atoms with Crippen LogP contribution < -0.4 is 10.1 Å². The van der Waals surface area contributed by atoms with Gasteiger partial charge in [-0.05, 0) is 50.6 Å².